The number of hydrogen-bond acceptors (Lipinski definition) is 3. The summed E-state index contributed by atoms with van der Waals surface area (Å²) in [7, 11) is 0. The summed E-state index contributed by atoms with van der Waals surface area (Å²) in [6.45, 7) is 1.03. The van der Waals surface area contributed by atoms with Gasteiger partial charge in [0.15, 0.2) is 0 Å². The molecule has 17 heavy (non-hydrogen) atoms. The van der Waals surface area contributed by atoms with Crippen molar-refractivity contribution in [2.24, 2.45) is 5.92 Å². The van der Waals surface area contributed by atoms with Gasteiger partial charge in [0.1, 0.15) is 0 Å². The molecule has 1 unspecified atom stereocenters. The van der Waals surface area contributed by atoms with Crippen LogP contribution in [0.5, 0.6) is 0 Å². The maximum absolute atomic E-state index is 11.7. The summed E-state index contributed by atoms with van der Waals surface area (Å²) in [5, 5.41) is 8.64. The van der Waals surface area contributed by atoms with E-state index < -0.39 is 18.9 Å². The van der Waals surface area contributed by atoms with E-state index in [2.05, 4.69) is 4.74 Å². The second-order valence-electron chi connectivity index (χ2n) is 4.20. The van der Waals surface area contributed by atoms with E-state index in [1.54, 1.807) is 0 Å². The van der Waals surface area contributed by atoms with Crippen LogP contribution < -0.4 is 0 Å². The first kappa shape index (κ1) is 14.2. The molecule has 0 saturated carbocycles. The third-order valence-electron chi connectivity index (χ3n) is 2.74. The van der Waals surface area contributed by atoms with Crippen LogP contribution in [0.2, 0.25) is 0 Å². The highest BCUT2D eigenvalue weighted by Gasteiger charge is 2.29. The van der Waals surface area contributed by atoms with E-state index in [4.69, 9.17) is 5.11 Å². The first-order chi connectivity index (χ1) is 7.87. The minimum absolute atomic E-state index is 0.0344. The monoisotopic (exact) mass is 255 g/mol. The molecular formula is C10H16F3NO3. The van der Waals surface area contributed by atoms with Crippen LogP contribution in [0, 0.1) is 5.92 Å². The number of likely N-dealkylation sites (tertiary alicyclic amines) is 1. The van der Waals surface area contributed by atoms with Crippen LogP contribution >= 0.6 is 0 Å². The molecule has 0 radical (unpaired) electrons. The van der Waals surface area contributed by atoms with Crippen LogP contribution in [0.15, 0.2) is 0 Å². The Morgan fingerprint density at radius 2 is 2.18 bits per heavy atom. The third kappa shape index (κ3) is 6.48. The van der Waals surface area contributed by atoms with E-state index >= 15 is 0 Å². The Labute approximate surface area is 97.3 Å². The van der Waals surface area contributed by atoms with Crippen LogP contribution in [-0.2, 0) is 9.53 Å². The number of ether oxygens (including phenoxy) is 1. The Kier molecular flexibility index (Phi) is 5.20. The normalized spacial score (nSPS) is 22.6. The molecule has 1 atom stereocenters. The average molecular weight is 255 g/mol. The molecule has 1 aliphatic heterocycles. The van der Waals surface area contributed by atoms with Gasteiger partial charge < -0.3 is 10.0 Å². The molecule has 0 aromatic rings. The molecule has 0 amide bonds. The molecule has 4 nitrogen and oxygen atoms in total. The highest BCUT2D eigenvalue weighted by Crippen LogP contribution is 2.20. The second kappa shape index (κ2) is 6.20. The Morgan fingerprint density at radius 3 is 2.76 bits per heavy atom. The van der Waals surface area contributed by atoms with Gasteiger partial charge in [-0.15, -0.1) is 13.2 Å². The van der Waals surface area contributed by atoms with E-state index in [1.165, 1.54) is 0 Å². The summed E-state index contributed by atoms with van der Waals surface area (Å²) < 4.78 is 38.9. The van der Waals surface area contributed by atoms with Crippen LogP contribution in [0.4, 0.5) is 13.2 Å². The van der Waals surface area contributed by atoms with Crippen molar-refractivity contribution < 1.29 is 27.8 Å². The lowest BCUT2D eigenvalue weighted by molar-refractivity contribution is -0.325. The number of carboxylic acid groups (broad SMARTS) is 1. The van der Waals surface area contributed by atoms with E-state index in [0.717, 1.165) is 12.8 Å². The first-order valence-corrected chi connectivity index (χ1v) is 5.51. The lowest BCUT2D eigenvalue weighted by Gasteiger charge is -2.31. The highest BCUT2D eigenvalue weighted by molar-refractivity contribution is 5.67. The van der Waals surface area contributed by atoms with Crippen molar-refractivity contribution in [3.63, 3.8) is 0 Å². The molecule has 1 saturated heterocycles. The fourth-order valence-electron chi connectivity index (χ4n) is 2.06. The summed E-state index contributed by atoms with van der Waals surface area (Å²) >= 11 is 0. The molecular weight excluding hydrogens is 239 g/mol. The standard InChI is InChI=1S/C10H16F3NO3/c11-10(12,13)17-5-4-14-3-1-2-8(7-14)6-9(15)16/h8H,1-7H2,(H,15,16). The van der Waals surface area contributed by atoms with E-state index in [1.807, 2.05) is 4.90 Å². The molecule has 0 bridgehead atoms. The van der Waals surface area contributed by atoms with Crippen molar-refractivity contribution in [2.45, 2.75) is 25.6 Å². The number of halogens is 3. The number of rotatable bonds is 5. The Balaban J connectivity index is 2.23. The van der Waals surface area contributed by atoms with Gasteiger partial charge in [-0.25, -0.2) is 0 Å². The van der Waals surface area contributed by atoms with Crippen molar-refractivity contribution in [1.82, 2.24) is 4.90 Å². The molecule has 1 rings (SSSR count). The zero-order valence-corrected chi connectivity index (χ0v) is 9.37. The molecule has 1 aliphatic rings. The second-order valence-corrected chi connectivity index (χ2v) is 4.20. The van der Waals surface area contributed by atoms with Crippen molar-refractivity contribution in [3.05, 3.63) is 0 Å². The van der Waals surface area contributed by atoms with Crippen LogP contribution in [-0.4, -0.2) is 48.6 Å². The molecule has 1 fully saturated rings. The third-order valence-corrected chi connectivity index (χ3v) is 2.74. The molecule has 7 heteroatoms. The number of aliphatic carboxylic acids is 1. The maximum atomic E-state index is 11.7. The molecule has 0 aliphatic carbocycles. The van der Waals surface area contributed by atoms with Gasteiger partial charge >= 0.3 is 12.3 Å². The lowest BCUT2D eigenvalue weighted by atomic mass is 9.95. The predicted molar refractivity (Wildman–Crippen MR) is 53.4 cm³/mol. The Bertz CT molecular complexity index is 258. The average Bonchev–Trinajstić information content (AvgIpc) is 2.15. The minimum Gasteiger partial charge on any atom is -0.481 e. The van der Waals surface area contributed by atoms with Crippen molar-refractivity contribution in [2.75, 3.05) is 26.2 Å². The highest BCUT2D eigenvalue weighted by atomic mass is 19.4. The van der Waals surface area contributed by atoms with Gasteiger partial charge in [-0.1, -0.05) is 0 Å². The first-order valence-electron chi connectivity index (χ1n) is 5.51. The zero-order chi connectivity index (χ0) is 12.9. The zero-order valence-electron chi connectivity index (χ0n) is 9.37. The van der Waals surface area contributed by atoms with Crippen LogP contribution in [0.1, 0.15) is 19.3 Å². The Hall–Kier alpha value is -0.820. The molecule has 0 aromatic carbocycles. The number of nitrogens with zero attached hydrogens (tertiary/aromatic N) is 1. The fourth-order valence-corrected chi connectivity index (χ4v) is 2.06. The van der Waals surface area contributed by atoms with Crippen molar-refractivity contribution in [1.29, 1.82) is 0 Å². The number of carboxylic acids is 1. The van der Waals surface area contributed by atoms with Gasteiger partial charge in [-0.3, -0.25) is 9.53 Å². The van der Waals surface area contributed by atoms with Crippen LogP contribution in [0.25, 0.3) is 0 Å². The SMILES string of the molecule is O=C(O)CC1CCCN(CCOC(F)(F)F)C1. The minimum atomic E-state index is -4.59. The topological polar surface area (TPSA) is 49.8 Å². The largest absolute Gasteiger partial charge is 0.522 e. The quantitative estimate of drug-likeness (QED) is 0.812. The van der Waals surface area contributed by atoms with Gasteiger partial charge in [0.25, 0.3) is 0 Å². The number of alkyl halides is 3. The summed E-state index contributed by atoms with van der Waals surface area (Å²) in [6, 6.07) is 0. The fraction of sp³-hybridized carbons (Fsp3) is 0.900. The van der Waals surface area contributed by atoms with E-state index in [-0.39, 0.29) is 18.9 Å². The molecule has 1 N–H and O–H groups in total. The van der Waals surface area contributed by atoms with Gasteiger partial charge in [-0.2, -0.15) is 0 Å². The molecule has 0 aromatic heterocycles. The smallest absolute Gasteiger partial charge is 0.481 e. The van der Waals surface area contributed by atoms with E-state index in [0.29, 0.717) is 13.1 Å². The predicted octanol–water partition coefficient (Wildman–Crippen LogP) is 1.71. The van der Waals surface area contributed by atoms with Gasteiger partial charge in [0.2, 0.25) is 0 Å². The summed E-state index contributed by atoms with van der Waals surface area (Å²) in [6.07, 6.45) is -2.86. The van der Waals surface area contributed by atoms with Crippen LogP contribution in [0.3, 0.4) is 0 Å². The lowest BCUT2D eigenvalue weighted by Crippen LogP contribution is -2.38. The van der Waals surface area contributed by atoms with Gasteiger partial charge in [0.05, 0.1) is 6.61 Å². The summed E-state index contributed by atoms with van der Waals surface area (Å²) in [5.74, 6) is -0.824. The number of hydrogen-bond donors (Lipinski definition) is 1. The number of carbonyl (C=O) groups is 1. The maximum Gasteiger partial charge on any atom is 0.522 e. The Morgan fingerprint density at radius 1 is 1.47 bits per heavy atom. The summed E-state index contributed by atoms with van der Waals surface area (Å²) in [5.41, 5.74) is 0. The number of piperidine rings is 1. The van der Waals surface area contributed by atoms with Gasteiger partial charge in [0, 0.05) is 19.5 Å². The molecule has 100 valence electrons. The molecule has 0 spiro atoms. The van der Waals surface area contributed by atoms with Gasteiger partial charge in [-0.05, 0) is 25.3 Å². The van der Waals surface area contributed by atoms with Crippen molar-refractivity contribution >= 4 is 5.97 Å². The summed E-state index contributed by atoms with van der Waals surface area (Å²) in [4.78, 5) is 12.4. The van der Waals surface area contributed by atoms with E-state index in [9.17, 15) is 18.0 Å². The molecule has 1 heterocycles. The van der Waals surface area contributed by atoms with Crippen molar-refractivity contribution in [3.8, 4) is 0 Å².